The lowest BCUT2D eigenvalue weighted by atomic mass is 10.2. The number of rotatable bonds is 2. The van der Waals surface area contributed by atoms with Crippen molar-refractivity contribution in [2.75, 3.05) is 23.3 Å². The fraction of sp³-hybridized carbons (Fsp3) is 0.357. The number of carbonyl (C=O) groups excluding carboxylic acids is 1. The smallest absolute Gasteiger partial charge is 0.221 e. The summed E-state index contributed by atoms with van der Waals surface area (Å²) in [7, 11) is 0. The maximum absolute atomic E-state index is 11.1. The van der Waals surface area contributed by atoms with Gasteiger partial charge >= 0.3 is 0 Å². The molecule has 104 valence electrons. The Balaban J connectivity index is 2.00. The molecular formula is C14H17N5O. The highest BCUT2D eigenvalue weighted by atomic mass is 16.1. The second kappa shape index (κ2) is 5.05. The first-order valence-electron chi connectivity index (χ1n) is 6.66. The summed E-state index contributed by atoms with van der Waals surface area (Å²) in [5.74, 6) is 0.821. The molecule has 1 saturated heterocycles. The van der Waals surface area contributed by atoms with Crippen LogP contribution < -0.4 is 16.0 Å². The molecule has 0 bridgehead atoms. The van der Waals surface area contributed by atoms with E-state index in [-0.39, 0.29) is 11.9 Å². The van der Waals surface area contributed by atoms with E-state index in [1.165, 1.54) is 6.92 Å². The van der Waals surface area contributed by atoms with Crippen molar-refractivity contribution in [2.45, 2.75) is 19.4 Å². The maximum Gasteiger partial charge on any atom is 0.221 e. The Morgan fingerprint density at radius 2 is 2.30 bits per heavy atom. The quantitative estimate of drug-likeness (QED) is 0.855. The summed E-state index contributed by atoms with van der Waals surface area (Å²) in [6, 6.07) is 5.88. The second-order valence-electron chi connectivity index (χ2n) is 5.11. The van der Waals surface area contributed by atoms with E-state index in [4.69, 9.17) is 5.73 Å². The lowest BCUT2D eigenvalue weighted by molar-refractivity contribution is -0.114. The van der Waals surface area contributed by atoms with Gasteiger partial charge < -0.3 is 16.0 Å². The SMILES string of the molecule is CC(=O)Nc1ccc2c(N3CC[C@@H](N)C3)ncnc2c1. The summed E-state index contributed by atoms with van der Waals surface area (Å²) >= 11 is 0. The topological polar surface area (TPSA) is 84.1 Å². The third kappa shape index (κ3) is 2.42. The zero-order valence-electron chi connectivity index (χ0n) is 11.3. The Morgan fingerprint density at radius 1 is 1.45 bits per heavy atom. The van der Waals surface area contributed by atoms with Gasteiger partial charge in [-0.15, -0.1) is 0 Å². The van der Waals surface area contributed by atoms with Gasteiger partial charge in [0.2, 0.25) is 5.91 Å². The van der Waals surface area contributed by atoms with Gasteiger partial charge in [0, 0.05) is 37.1 Å². The van der Waals surface area contributed by atoms with E-state index in [2.05, 4.69) is 20.2 Å². The third-order valence-corrected chi connectivity index (χ3v) is 3.46. The number of nitrogens with one attached hydrogen (secondary N) is 1. The standard InChI is InChI=1S/C14H17N5O/c1-9(20)18-11-2-3-12-13(6-11)16-8-17-14(12)19-5-4-10(15)7-19/h2-3,6,8,10H,4-5,7,15H2,1H3,(H,18,20)/t10-/m1/s1. The van der Waals surface area contributed by atoms with Crippen molar-refractivity contribution < 1.29 is 4.79 Å². The van der Waals surface area contributed by atoms with Crippen LogP contribution in [-0.4, -0.2) is 35.0 Å². The number of amides is 1. The van der Waals surface area contributed by atoms with Crippen LogP contribution in [0.2, 0.25) is 0 Å². The molecule has 1 amide bonds. The first-order valence-corrected chi connectivity index (χ1v) is 6.66. The average molecular weight is 271 g/mol. The number of nitrogens with two attached hydrogens (primary N) is 1. The van der Waals surface area contributed by atoms with Crippen molar-refractivity contribution >= 4 is 28.3 Å². The van der Waals surface area contributed by atoms with Crippen LogP contribution in [0.4, 0.5) is 11.5 Å². The molecule has 1 aromatic carbocycles. The van der Waals surface area contributed by atoms with E-state index in [0.29, 0.717) is 0 Å². The minimum Gasteiger partial charge on any atom is -0.354 e. The van der Waals surface area contributed by atoms with Crippen molar-refractivity contribution in [3.63, 3.8) is 0 Å². The minimum absolute atomic E-state index is 0.0934. The Morgan fingerprint density at radius 3 is 3.00 bits per heavy atom. The number of hydrogen-bond donors (Lipinski definition) is 2. The van der Waals surface area contributed by atoms with Crippen LogP contribution in [-0.2, 0) is 4.79 Å². The third-order valence-electron chi connectivity index (χ3n) is 3.46. The zero-order valence-corrected chi connectivity index (χ0v) is 11.3. The van der Waals surface area contributed by atoms with Gasteiger partial charge in [-0.2, -0.15) is 0 Å². The van der Waals surface area contributed by atoms with E-state index in [1.807, 2.05) is 18.2 Å². The van der Waals surface area contributed by atoms with Crippen molar-refractivity contribution in [3.8, 4) is 0 Å². The van der Waals surface area contributed by atoms with Gasteiger partial charge in [-0.25, -0.2) is 9.97 Å². The van der Waals surface area contributed by atoms with E-state index in [1.54, 1.807) is 6.33 Å². The van der Waals surface area contributed by atoms with E-state index < -0.39 is 0 Å². The molecule has 0 unspecified atom stereocenters. The van der Waals surface area contributed by atoms with Crippen molar-refractivity contribution in [1.29, 1.82) is 0 Å². The summed E-state index contributed by atoms with van der Waals surface area (Å²) in [6.45, 7) is 3.22. The molecule has 3 rings (SSSR count). The monoisotopic (exact) mass is 271 g/mol. The molecule has 6 heteroatoms. The normalized spacial score (nSPS) is 18.5. The highest BCUT2D eigenvalue weighted by molar-refractivity contribution is 5.95. The van der Waals surface area contributed by atoms with Gasteiger partial charge in [0.1, 0.15) is 12.1 Å². The van der Waals surface area contributed by atoms with Crippen molar-refractivity contribution in [3.05, 3.63) is 24.5 Å². The highest BCUT2D eigenvalue weighted by Gasteiger charge is 2.22. The van der Waals surface area contributed by atoms with Crippen LogP contribution >= 0.6 is 0 Å². The van der Waals surface area contributed by atoms with Crippen LogP contribution in [0.3, 0.4) is 0 Å². The molecule has 20 heavy (non-hydrogen) atoms. The number of hydrogen-bond acceptors (Lipinski definition) is 5. The van der Waals surface area contributed by atoms with Gasteiger partial charge in [-0.05, 0) is 24.6 Å². The van der Waals surface area contributed by atoms with Crippen LogP contribution in [0.25, 0.3) is 10.9 Å². The van der Waals surface area contributed by atoms with Crippen LogP contribution in [0, 0.1) is 0 Å². The predicted octanol–water partition coefficient (Wildman–Crippen LogP) is 1.13. The zero-order chi connectivity index (χ0) is 14.1. The lowest BCUT2D eigenvalue weighted by Crippen LogP contribution is -2.27. The number of nitrogens with zero attached hydrogens (tertiary/aromatic N) is 3. The molecule has 1 aliphatic rings. The van der Waals surface area contributed by atoms with Crippen LogP contribution in [0.5, 0.6) is 0 Å². The molecule has 6 nitrogen and oxygen atoms in total. The molecule has 0 radical (unpaired) electrons. The first-order chi connectivity index (χ1) is 9.63. The number of carbonyl (C=O) groups is 1. The predicted molar refractivity (Wildman–Crippen MR) is 78.6 cm³/mol. The van der Waals surface area contributed by atoms with Gasteiger partial charge in [-0.3, -0.25) is 4.79 Å². The summed E-state index contributed by atoms with van der Waals surface area (Å²) < 4.78 is 0. The van der Waals surface area contributed by atoms with Gasteiger partial charge in [-0.1, -0.05) is 0 Å². The summed E-state index contributed by atoms with van der Waals surface area (Å²) in [4.78, 5) is 21.9. The minimum atomic E-state index is -0.0934. The summed E-state index contributed by atoms with van der Waals surface area (Å²) in [5, 5.41) is 3.74. The fourth-order valence-corrected chi connectivity index (χ4v) is 2.56. The Labute approximate surface area is 117 Å². The Hall–Kier alpha value is -2.21. The van der Waals surface area contributed by atoms with Gasteiger partial charge in [0.15, 0.2) is 0 Å². The number of fused-ring (bicyclic) bond motifs is 1. The molecule has 0 spiro atoms. The fourth-order valence-electron chi connectivity index (χ4n) is 2.56. The summed E-state index contributed by atoms with van der Waals surface area (Å²) in [6.07, 6.45) is 2.54. The highest BCUT2D eigenvalue weighted by Crippen LogP contribution is 2.27. The summed E-state index contributed by atoms with van der Waals surface area (Å²) in [5.41, 5.74) is 7.52. The molecule has 1 aromatic heterocycles. The Bertz CT molecular complexity index is 657. The molecule has 2 aromatic rings. The number of anilines is 2. The van der Waals surface area contributed by atoms with Crippen LogP contribution in [0.15, 0.2) is 24.5 Å². The molecular weight excluding hydrogens is 254 g/mol. The van der Waals surface area contributed by atoms with E-state index >= 15 is 0 Å². The largest absolute Gasteiger partial charge is 0.354 e. The molecule has 0 saturated carbocycles. The van der Waals surface area contributed by atoms with Gasteiger partial charge in [0.05, 0.1) is 5.52 Å². The van der Waals surface area contributed by atoms with E-state index in [0.717, 1.165) is 41.9 Å². The molecule has 1 aliphatic heterocycles. The number of aromatic nitrogens is 2. The Kier molecular flexibility index (Phi) is 3.23. The second-order valence-corrected chi connectivity index (χ2v) is 5.11. The maximum atomic E-state index is 11.1. The molecule has 0 aliphatic carbocycles. The molecule has 1 fully saturated rings. The number of benzene rings is 1. The lowest BCUT2D eigenvalue weighted by Gasteiger charge is -2.18. The molecule has 2 heterocycles. The average Bonchev–Trinajstić information content (AvgIpc) is 2.83. The van der Waals surface area contributed by atoms with E-state index in [9.17, 15) is 4.79 Å². The van der Waals surface area contributed by atoms with Crippen molar-refractivity contribution in [1.82, 2.24) is 9.97 Å². The molecule has 1 atom stereocenters. The van der Waals surface area contributed by atoms with Gasteiger partial charge in [0.25, 0.3) is 0 Å². The first kappa shape index (κ1) is 12.8. The van der Waals surface area contributed by atoms with Crippen LogP contribution in [0.1, 0.15) is 13.3 Å². The molecule has 3 N–H and O–H groups in total. The van der Waals surface area contributed by atoms with Crippen molar-refractivity contribution in [2.24, 2.45) is 5.73 Å².